The molecule has 0 spiro atoms. The number of nitrogens with one attached hydrogen (secondary N) is 1. The van der Waals surface area contributed by atoms with Crippen LogP contribution in [-0.4, -0.2) is 30.7 Å². The Hall–Kier alpha value is -2.06. The third-order valence-corrected chi connectivity index (χ3v) is 3.17. The van der Waals surface area contributed by atoms with Crippen molar-refractivity contribution in [3.8, 4) is 6.07 Å². The maximum absolute atomic E-state index is 10.5. The number of anilines is 1. The first-order valence-electron chi connectivity index (χ1n) is 6.82. The van der Waals surface area contributed by atoms with Crippen LogP contribution in [0.4, 0.5) is 5.69 Å². The molecule has 1 aromatic rings. The molecule has 20 heavy (non-hydrogen) atoms. The van der Waals surface area contributed by atoms with E-state index in [1.165, 1.54) is 0 Å². The highest BCUT2D eigenvalue weighted by Crippen LogP contribution is 2.19. The Balaban J connectivity index is 2.70. The number of carboxylic acids is 1. The molecule has 1 unspecified atom stereocenters. The molecule has 0 fully saturated rings. The van der Waals surface area contributed by atoms with Crippen molar-refractivity contribution < 1.29 is 9.90 Å². The molecule has 0 bridgehead atoms. The van der Waals surface area contributed by atoms with Gasteiger partial charge in [0.25, 0.3) is 0 Å². The third-order valence-electron chi connectivity index (χ3n) is 3.17. The molecule has 1 aromatic carbocycles. The summed E-state index contributed by atoms with van der Waals surface area (Å²) in [5, 5.41) is 20.7. The Morgan fingerprint density at radius 1 is 1.35 bits per heavy atom. The van der Waals surface area contributed by atoms with Gasteiger partial charge in [0.1, 0.15) is 6.04 Å². The minimum Gasteiger partial charge on any atom is -0.481 e. The zero-order valence-corrected chi connectivity index (χ0v) is 12.0. The predicted molar refractivity (Wildman–Crippen MR) is 78.6 cm³/mol. The van der Waals surface area contributed by atoms with Gasteiger partial charge in [0.15, 0.2) is 0 Å². The van der Waals surface area contributed by atoms with E-state index in [0.29, 0.717) is 0 Å². The quantitative estimate of drug-likeness (QED) is 0.760. The van der Waals surface area contributed by atoms with E-state index in [2.05, 4.69) is 30.1 Å². The molecule has 1 atom stereocenters. The zero-order valence-electron chi connectivity index (χ0n) is 12.0. The van der Waals surface area contributed by atoms with Gasteiger partial charge in [-0.15, -0.1) is 0 Å². The minimum atomic E-state index is -0.869. The molecule has 0 aliphatic carbocycles. The van der Waals surface area contributed by atoms with Gasteiger partial charge in [0, 0.05) is 25.3 Å². The van der Waals surface area contributed by atoms with Crippen LogP contribution < -0.4 is 10.2 Å². The minimum absolute atomic E-state index is 0.00963. The summed E-state index contributed by atoms with van der Waals surface area (Å²) in [5.74, 6) is -0.869. The van der Waals surface area contributed by atoms with Gasteiger partial charge < -0.3 is 10.0 Å². The highest BCUT2D eigenvalue weighted by molar-refractivity contribution is 5.66. The SMILES string of the molecule is CCN(CC)c1ccc(C(C#N)NCCC(=O)O)cc1. The van der Waals surface area contributed by atoms with E-state index < -0.39 is 12.0 Å². The maximum Gasteiger partial charge on any atom is 0.304 e. The summed E-state index contributed by atoms with van der Waals surface area (Å²) in [6.07, 6.45) is 0.00963. The van der Waals surface area contributed by atoms with Crippen molar-refractivity contribution in [3.63, 3.8) is 0 Å². The summed E-state index contributed by atoms with van der Waals surface area (Å²) >= 11 is 0. The number of aliphatic carboxylic acids is 1. The van der Waals surface area contributed by atoms with Crippen LogP contribution in [-0.2, 0) is 4.79 Å². The molecule has 0 heterocycles. The Morgan fingerprint density at radius 3 is 2.40 bits per heavy atom. The third kappa shape index (κ3) is 4.56. The van der Waals surface area contributed by atoms with Gasteiger partial charge >= 0.3 is 5.97 Å². The average Bonchev–Trinajstić information content (AvgIpc) is 2.45. The van der Waals surface area contributed by atoms with E-state index >= 15 is 0 Å². The second-order valence-corrected chi connectivity index (χ2v) is 4.42. The summed E-state index contributed by atoms with van der Waals surface area (Å²) in [4.78, 5) is 12.7. The van der Waals surface area contributed by atoms with Crippen LogP contribution >= 0.6 is 0 Å². The molecule has 0 aliphatic rings. The van der Waals surface area contributed by atoms with Crippen LogP contribution in [0.25, 0.3) is 0 Å². The standard InChI is InChI=1S/C15H21N3O2/c1-3-18(4-2)13-7-5-12(6-8-13)14(11-16)17-10-9-15(19)20/h5-8,14,17H,3-4,9-10H2,1-2H3,(H,19,20). The van der Waals surface area contributed by atoms with Gasteiger partial charge in [-0.3, -0.25) is 10.1 Å². The van der Waals surface area contributed by atoms with Crippen LogP contribution in [0, 0.1) is 11.3 Å². The summed E-state index contributed by atoms with van der Waals surface area (Å²) in [5.41, 5.74) is 1.98. The molecule has 108 valence electrons. The Morgan fingerprint density at radius 2 is 1.95 bits per heavy atom. The molecule has 1 rings (SSSR count). The second-order valence-electron chi connectivity index (χ2n) is 4.42. The van der Waals surface area contributed by atoms with Crippen LogP contribution in [0.2, 0.25) is 0 Å². The topological polar surface area (TPSA) is 76.4 Å². The lowest BCUT2D eigenvalue weighted by molar-refractivity contribution is -0.136. The Bertz CT molecular complexity index is 461. The van der Waals surface area contributed by atoms with Crippen LogP contribution in [0.15, 0.2) is 24.3 Å². The molecule has 0 radical (unpaired) electrons. The summed E-state index contributed by atoms with van der Waals surface area (Å²) in [7, 11) is 0. The second kappa shape index (κ2) is 8.18. The van der Waals surface area contributed by atoms with E-state index in [9.17, 15) is 4.79 Å². The molecular weight excluding hydrogens is 254 g/mol. The first-order chi connectivity index (χ1) is 9.62. The van der Waals surface area contributed by atoms with Gasteiger partial charge in [-0.05, 0) is 31.5 Å². The lowest BCUT2D eigenvalue weighted by Gasteiger charge is -2.21. The Labute approximate surface area is 119 Å². The fourth-order valence-electron chi connectivity index (χ4n) is 2.03. The number of benzene rings is 1. The number of carboxylic acid groups (broad SMARTS) is 1. The first-order valence-corrected chi connectivity index (χ1v) is 6.82. The smallest absolute Gasteiger partial charge is 0.304 e. The molecule has 0 saturated heterocycles. The van der Waals surface area contributed by atoms with Crippen molar-refractivity contribution in [3.05, 3.63) is 29.8 Å². The number of nitriles is 1. The van der Waals surface area contributed by atoms with Crippen molar-refractivity contribution in [2.45, 2.75) is 26.3 Å². The summed E-state index contributed by atoms with van der Waals surface area (Å²) in [6, 6.07) is 9.49. The lowest BCUT2D eigenvalue weighted by atomic mass is 10.1. The summed E-state index contributed by atoms with van der Waals surface area (Å²) < 4.78 is 0. The monoisotopic (exact) mass is 275 g/mol. The molecular formula is C15H21N3O2. The van der Waals surface area contributed by atoms with E-state index in [0.717, 1.165) is 24.3 Å². The number of nitrogens with zero attached hydrogens (tertiary/aromatic N) is 2. The molecule has 5 heteroatoms. The number of carbonyl (C=O) groups is 1. The largest absolute Gasteiger partial charge is 0.481 e. The van der Waals surface area contributed by atoms with Crippen molar-refractivity contribution in [1.29, 1.82) is 5.26 Å². The fraction of sp³-hybridized carbons (Fsp3) is 0.467. The van der Waals surface area contributed by atoms with Gasteiger partial charge in [-0.25, -0.2) is 0 Å². The molecule has 0 amide bonds. The predicted octanol–water partition coefficient (Wildman–Crippen LogP) is 2.16. The molecule has 5 nitrogen and oxygen atoms in total. The highest BCUT2D eigenvalue weighted by atomic mass is 16.4. The average molecular weight is 275 g/mol. The Kier molecular flexibility index (Phi) is 6.54. The van der Waals surface area contributed by atoms with E-state index in [1.54, 1.807) is 0 Å². The van der Waals surface area contributed by atoms with Gasteiger partial charge in [0.05, 0.1) is 12.5 Å². The van der Waals surface area contributed by atoms with Crippen molar-refractivity contribution in [2.75, 3.05) is 24.5 Å². The van der Waals surface area contributed by atoms with E-state index in [-0.39, 0.29) is 13.0 Å². The highest BCUT2D eigenvalue weighted by Gasteiger charge is 2.11. The van der Waals surface area contributed by atoms with Crippen molar-refractivity contribution >= 4 is 11.7 Å². The molecule has 0 aliphatic heterocycles. The van der Waals surface area contributed by atoms with Crippen LogP contribution in [0.3, 0.4) is 0 Å². The van der Waals surface area contributed by atoms with Crippen LogP contribution in [0.1, 0.15) is 31.9 Å². The maximum atomic E-state index is 10.5. The molecule has 0 aromatic heterocycles. The number of hydrogen-bond acceptors (Lipinski definition) is 4. The normalized spacial score (nSPS) is 11.7. The molecule has 2 N–H and O–H groups in total. The van der Waals surface area contributed by atoms with Gasteiger partial charge in [0.2, 0.25) is 0 Å². The van der Waals surface area contributed by atoms with Crippen LogP contribution in [0.5, 0.6) is 0 Å². The fourth-order valence-corrected chi connectivity index (χ4v) is 2.03. The zero-order chi connectivity index (χ0) is 15.0. The van der Waals surface area contributed by atoms with Crippen molar-refractivity contribution in [1.82, 2.24) is 5.32 Å². The summed E-state index contributed by atoms with van der Waals surface area (Å²) in [6.45, 7) is 6.36. The first kappa shape index (κ1) is 16.0. The van der Waals surface area contributed by atoms with Gasteiger partial charge in [-0.1, -0.05) is 12.1 Å². The molecule has 0 saturated carbocycles. The van der Waals surface area contributed by atoms with Crippen molar-refractivity contribution in [2.24, 2.45) is 0 Å². The van der Waals surface area contributed by atoms with E-state index in [4.69, 9.17) is 10.4 Å². The number of hydrogen-bond donors (Lipinski definition) is 2. The number of rotatable bonds is 8. The lowest BCUT2D eigenvalue weighted by Crippen LogP contribution is -2.24. The van der Waals surface area contributed by atoms with Gasteiger partial charge in [-0.2, -0.15) is 5.26 Å². The van der Waals surface area contributed by atoms with E-state index in [1.807, 2.05) is 24.3 Å².